The van der Waals surface area contributed by atoms with Gasteiger partial charge >= 0.3 is 0 Å². The average Bonchev–Trinajstić information content (AvgIpc) is 3.60. The fraction of sp³-hybridized carbons (Fsp3) is 0.714. The maximum Gasteiger partial charge on any atom is 0.251 e. The van der Waals surface area contributed by atoms with Crippen molar-refractivity contribution in [2.45, 2.75) is 180 Å². The van der Waals surface area contributed by atoms with E-state index in [2.05, 4.69) is 82.9 Å². The number of aromatic amines is 1. The molecule has 274 valence electrons. The van der Waals surface area contributed by atoms with E-state index in [1.54, 1.807) is 12.5 Å². The highest BCUT2D eigenvalue weighted by Crippen LogP contribution is 2.11. The zero-order chi connectivity index (χ0) is 34.6. The smallest absolute Gasteiger partial charge is 0.251 e. The molecular formula is C42H75N5O. The lowest BCUT2D eigenvalue weighted by molar-refractivity contribution is -0.127. The molecule has 1 aromatic heterocycles. The van der Waals surface area contributed by atoms with E-state index in [-0.39, 0.29) is 5.91 Å². The van der Waals surface area contributed by atoms with E-state index in [4.69, 9.17) is 5.73 Å². The first-order valence-corrected chi connectivity index (χ1v) is 20.1. The predicted molar refractivity (Wildman–Crippen MR) is 209 cm³/mol. The maximum atomic E-state index is 12.9. The second-order valence-electron chi connectivity index (χ2n) is 13.5. The van der Waals surface area contributed by atoms with Gasteiger partial charge in [-0.3, -0.25) is 10.2 Å². The van der Waals surface area contributed by atoms with Gasteiger partial charge in [-0.2, -0.15) is 0 Å². The van der Waals surface area contributed by atoms with Crippen molar-refractivity contribution in [1.82, 2.24) is 20.4 Å². The Labute approximate surface area is 296 Å². The molecule has 1 heterocycles. The van der Waals surface area contributed by atoms with Crippen molar-refractivity contribution >= 4 is 5.91 Å². The van der Waals surface area contributed by atoms with Crippen molar-refractivity contribution < 1.29 is 4.79 Å². The minimum Gasteiger partial charge on any atom is -0.348 e. The largest absolute Gasteiger partial charge is 0.348 e. The van der Waals surface area contributed by atoms with Gasteiger partial charge in [0.1, 0.15) is 0 Å². The lowest BCUT2D eigenvalue weighted by Gasteiger charge is -2.25. The summed E-state index contributed by atoms with van der Waals surface area (Å²) in [4.78, 5) is 20.0. The zero-order valence-corrected chi connectivity index (χ0v) is 31.3. The number of hydrazine groups is 1. The molecule has 1 aromatic rings. The van der Waals surface area contributed by atoms with Crippen molar-refractivity contribution in [3.63, 3.8) is 0 Å². The van der Waals surface area contributed by atoms with E-state index in [1.807, 2.05) is 0 Å². The number of nitrogens with zero attached hydrogens (tertiary/aromatic N) is 2. The van der Waals surface area contributed by atoms with Gasteiger partial charge in [0.2, 0.25) is 0 Å². The van der Waals surface area contributed by atoms with Gasteiger partial charge in [0.25, 0.3) is 5.91 Å². The van der Waals surface area contributed by atoms with Crippen LogP contribution in [0.2, 0.25) is 0 Å². The third-order valence-corrected chi connectivity index (χ3v) is 8.86. The molecule has 0 saturated heterocycles. The van der Waals surface area contributed by atoms with Crippen molar-refractivity contribution in [1.29, 1.82) is 0 Å². The molecular weight excluding hydrogens is 590 g/mol. The Bertz CT molecular complexity index is 888. The summed E-state index contributed by atoms with van der Waals surface area (Å²) in [6.07, 6.45) is 52.2. The fourth-order valence-corrected chi connectivity index (χ4v) is 5.77. The fourth-order valence-electron chi connectivity index (χ4n) is 5.77. The molecule has 48 heavy (non-hydrogen) atoms. The number of nitrogens with two attached hydrogens (primary N) is 1. The monoisotopic (exact) mass is 666 g/mol. The number of rotatable bonds is 34. The Morgan fingerprint density at radius 2 is 1.08 bits per heavy atom. The lowest BCUT2D eigenvalue weighted by Crippen LogP contribution is -2.51. The lowest BCUT2D eigenvalue weighted by atomic mass is 10.1. The highest BCUT2D eigenvalue weighted by molar-refractivity contribution is 5.81. The number of imidazole rings is 1. The Kier molecular flexibility index (Phi) is 31.3. The van der Waals surface area contributed by atoms with Gasteiger partial charge in [-0.15, -0.1) is 0 Å². The van der Waals surface area contributed by atoms with Crippen molar-refractivity contribution in [2.24, 2.45) is 5.73 Å². The second-order valence-corrected chi connectivity index (χ2v) is 13.5. The number of carbonyl (C=O) groups is 1. The van der Waals surface area contributed by atoms with Gasteiger partial charge in [0.05, 0.1) is 12.4 Å². The Balaban J connectivity index is 2.21. The highest BCUT2D eigenvalue weighted by atomic mass is 16.2. The first-order chi connectivity index (χ1) is 23.7. The maximum absolute atomic E-state index is 12.9. The molecule has 0 spiro atoms. The normalized spacial score (nSPS) is 12.9. The van der Waals surface area contributed by atoms with Gasteiger partial charge in [0.15, 0.2) is 0 Å². The molecule has 4 N–H and O–H groups in total. The van der Waals surface area contributed by atoms with Crippen LogP contribution in [0.1, 0.15) is 174 Å². The van der Waals surface area contributed by atoms with Crippen LogP contribution in [0.5, 0.6) is 0 Å². The number of hydrogen-bond acceptors (Lipinski definition) is 4. The van der Waals surface area contributed by atoms with Crippen LogP contribution in [-0.4, -0.2) is 40.0 Å². The van der Waals surface area contributed by atoms with Crippen molar-refractivity contribution in [2.75, 3.05) is 13.1 Å². The number of hydrogen-bond donors (Lipinski definition) is 3. The summed E-state index contributed by atoms with van der Waals surface area (Å²) in [5.41, 5.74) is 10.3. The summed E-state index contributed by atoms with van der Waals surface area (Å²) in [5.74, 6) is -0.107. The summed E-state index contributed by atoms with van der Waals surface area (Å²) in [6, 6.07) is -0.584. The number of unbranched alkanes of at least 4 members (excludes halogenated alkanes) is 18. The quantitative estimate of drug-likeness (QED) is 0.0388. The molecule has 0 radical (unpaired) electrons. The zero-order valence-electron chi connectivity index (χ0n) is 31.3. The number of carbonyl (C=O) groups excluding carboxylic acids is 1. The molecule has 0 aliphatic carbocycles. The van der Waals surface area contributed by atoms with Gasteiger partial charge in [-0.05, 0) is 77.0 Å². The van der Waals surface area contributed by atoms with Crippen LogP contribution < -0.4 is 11.2 Å². The third kappa shape index (κ3) is 28.6. The highest BCUT2D eigenvalue weighted by Gasteiger charge is 2.17. The van der Waals surface area contributed by atoms with Crippen LogP contribution in [0.25, 0.3) is 0 Å². The number of nitrogens with one attached hydrogen (secondary N) is 2. The van der Waals surface area contributed by atoms with Gasteiger partial charge < -0.3 is 10.7 Å². The molecule has 0 aliphatic heterocycles. The van der Waals surface area contributed by atoms with E-state index in [1.165, 1.54) is 128 Å². The molecule has 0 saturated carbocycles. The molecule has 0 fully saturated rings. The molecule has 0 aliphatic rings. The molecule has 6 nitrogen and oxygen atoms in total. The second kappa shape index (κ2) is 34.4. The molecule has 0 aromatic carbocycles. The Morgan fingerprint density at radius 1 is 0.667 bits per heavy atom. The van der Waals surface area contributed by atoms with Crippen molar-refractivity contribution in [3.8, 4) is 0 Å². The van der Waals surface area contributed by atoms with E-state index >= 15 is 0 Å². The molecule has 0 bridgehead atoms. The molecule has 1 atom stereocenters. The standard InChI is InChI=1S/C42H75N5O/c1-3-5-7-9-11-13-15-17-19-21-23-25-27-29-31-33-35-47(46-42(48)41(43)37-40-38-44-39-45-40)36-34-32-30-28-26-24-22-20-18-16-14-12-10-8-6-4-2/h11-14,17-20,38-39,41H,3-10,15-16,21-37,43H2,1-2H3,(H,44,45)(H,46,48)/b13-11-,14-12-,19-17-,20-18-. The number of aromatic nitrogens is 2. The van der Waals surface area contributed by atoms with Crippen LogP contribution in [0.3, 0.4) is 0 Å². The van der Waals surface area contributed by atoms with Crippen LogP contribution in [-0.2, 0) is 11.2 Å². The van der Waals surface area contributed by atoms with Gasteiger partial charge in [-0.1, -0.05) is 140 Å². The predicted octanol–water partition coefficient (Wildman–Crippen LogP) is 11.2. The van der Waals surface area contributed by atoms with E-state index in [0.29, 0.717) is 6.42 Å². The van der Waals surface area contributed by atoms with Crippen LogP contribution in [0.4, 0.5) is 0 Å². The first-order valence-electron chi connectivity index (χ1n) is 20.1. The van der Waals surface area contributed by atoms with E-state index < -0.39 is 6.04 Å². The van der Waals surface area contributed by atoms with Gasteiger partial charge in [0, 0.05) is 31.4 Å². The first kappa shape index (κ1) is 43.6. The molecule has 1 amide bonds. The number of amides is 1. The van der Waals surface area contributed by atoms with Gasteiger partial charge in [-0.25, -0.2) is 9.99 Å². The molecule has 1 unspecified atom stereocenters. The summed E-state index contributed by atoms with van der Waals surface area (Å²) >= 11 is 0. The minimum atomic E-state index is -0.584. The van der Waals surface area contributed by atoms with Crippen LogP contribution in [0.15, 0.2) is 61.1 Å². The molecule has 6 heteroatoms. The van der Waals surface area contributed by atoms with E-state index in [0.717, 1.165) is 44.5 Å². The summed E-state index contributed by atoms with van der Waals surface area (Å²) in [6.45, 7) is 6.28. The Morgan fingerprint density at radius 3 is 1.50 bits per heavy atom. The Hall–Kier alpha value is -2.44. The average molecular weight is 666 g/mol. The summed E-state index contributed by atoms with van der Waals surface area (Å²) in [5, 5.41) is 2.13. The topological polar surface area (TPSA) is 87.0 Å². The summed E-state index contributed by atoms with van der Waals surface area (Å²) in [7, 11) is 0. The SMILES string of the molecule is CCCCC/C=C\C/C=C\CCCCCCCCN(CCCCCCCC/C=C\C/C=C\CCCCC)NC(=O)C(N)Cc1cnc[nH]1. The molecule has 1 rings (SSSR count). The summed E-state index contributed by atoms with van der Waals surface area (Å²) < 4.78 is 0. The minimum absolute atomic E-state index is 0.107. The van der Waals surface area contributed by atoms with Crippen LogP contribution in [0, 0.1) is 0 Å². The number of allylic oxidation sites excluding steroid dienone is 8. The third-order valence-electron chi connectivity index (χ3n) is 8.86. The van der Waals surface area contributed by atoms with Crippen molar-refractivity contribution in [3.05, 3.63) is 66.8 Å². The van der Waals surface area contributed by atoms with E-state index in [9.17, 15) is 4.79 Å². The van der Waals surface area contributed by atoms with Crippen LogP contribution >= 0.6 is 0 Å². The number of H-pyrrole nitrogens is 1.